The molecule has 8 nitrogen and oxygen atoms in total. The highest BCUT2D eigenvalue weighted by Gasteiger charge is 2.49. The number of thiophene rings is 1. The van der Waals surface area contributed by atoms with E-state index < -0.39 is 11.6 Å². The number of hydrogen-bond donors (Lipinski definition) is 4. The number of pyridine rings is 1. The van der Waals surface area contributed by atoms with Crippen molar-refractivity contribution in [2.75, 3.05) is 5.73 Å². The number of rotatable bonds is 4. The molecule has 5 N–H and O–H groups in total. The summed E-state index contributed by atoms with van der Waals surface area (Å²) in [5.74, 6) is -0.930. The van der Waals surface area contributed by atoms with Crippen molar-refractivity contribution in [1.82, 2.24) is 9.97 Å². The van der Waals surface area contributed by atoms with E-state index in [0.29, 0.717) is 49.1 Å². The number of carboxylic acids is 1. The molecule has 1 aliphatic carbocycles. The lowest BCUT2D eigenvalue weighted by Crippen LogP contribution is -2.42. The maximum Gasteiger partial charge on any atom is 0.345 e. The Kier molecular flexibility index (Phi) is 5.09. The van der Waals surface area contributed by atoms with Crippen molar-refractivity contribution >= 4 is 46.2 Å². The minimum Gasteiger partial charge on any atom is -0.618 e. The highest BCUT2D eigenvalue weighted by atomic mass is 35.5. The van der Waals surface area contributed by atoms with Crippen molar-refractivity contribution in [2.24, 2.45) is 0 Å². The number of nitrogens with two attached hydrogens (primary N) is 1. The number of nitrogens with zero attached hydrogens (tertiary/aromatic N) is 2. The second kappa shape index (κ2) is 7.74. The van der Waals surface area contributed by atoms with E-state index in [-0.39, 0.29) is 28.0 Å². The lowest BCUT2D eigenvalue weighted by atomic mass is 9.98. The molecule has 0 fully saturated rings. The van der Waals surface area contributed by atoms with Crippen LogP contribution in [0, 0.1) is 5.21 Å². The number of imidazole rings is 1. The Labute approximate surface area is 201 Å². The first-order valence-corrected chi connectivity index (χ1v) is 11.4. The Morgan fingerprint density at radius 2 is 2.06 bits per heavy atom. The van der Waals surface area contributed by atoms with Gasteiger partial charge in [-0.15, -0.1) is 11.3 Å². The number of carbonyl (C=O) groups is 1. The van der Waals surface area contributed by atoms with Crippen LogP contribution in [-0.2, 0) is 12.0 Å². The van der Waals surface area contributed by atoms with Gasteiger partial charge in [0, 0.05) is 27.4 Å². The first-order valence-electron chi connectivity index (χ1n) is 9.81. The van der Waals surface area contributed by atoms with E-state index in [1.54, 1.807) is 24.3 Å². The van der Waals surface area contributed by atoms with E-state index in [4.69, 9.17) is 34.0 Å². The quantitative estimate of drug-likeness (QED) is 0.187. The van der Waals surface area contributed by atoms with E-state index >= 15 is 0 Å². The van der Waals surface area contributed by atoms with Crippen molar-refractivity contribution in [2.45, 2.75) is 18.4 Å². The summed E-state index contributed by atoms with van der Waals surface area (Å²) in [6.45, 7) is 0. The first-order chi connectivity index (χ1) is 15.7. The SMILES string of the molecule is Nc1ccc(Cl)cc1-c1cc2c([n+]([O-])c1)C(O)(c1nc(Cl)c(-c3ccc(C(=O)O)s3)[nH]1)CC2. The van der Waals surface area contributed by atoms with Gasteiger partial charge >= 0.3 is 5.97 Å². The van der Waals surface area contributed by atoms with Crippen LogP contribution in [0.1, 0.15) is 33.2 Å². The van der Waals surface area contributed by atoms with Crippen molar-refractivity contribution in [3.05, 3.63) is 79.9 Å². The molecule has 3 aromatic heterocycles. The predicted octanol–water partition coefficient (Wildman–Crippen LogP) is 4.21. The smallest absolute Gasteiger partial charge is 0.345 e. The number of halogens is 2. The van der Waals surface area contributed by atoms with Crippen LogP contribution in [0.3, 0.4) is 0 Å². The van der Waals surface area contributed by atoms with E-state index in [1.807, 2.05) is 6.07 Å². The van der Waals surface area contributed by atoms with Crippen LogP contribution in [0.2, 0.25) is 10.2 Å². The van der Waals surface area contributed by atoms with Gasteiger partial charge in [0.05, 0.1) is 10.6 Å². The van der Waals surface area contributed by atoms with Crippen LogP contribution >= 0.6 is 34.5 Å². The number of aromatic carboxylic acids is 1. The first kappa shape index (κ1) is 21.7. The Morgan fingerprint density at radius 1 is 1.27 bits per heavy atom. The maximum absolute atomic E-state index is 13.1. The summed E-state index contributed by atoms with van der Waals surface area (Å²) in [6.07, 6.45) is 1.99. The van der Waals surface area contributed by atoms with Crippen molar-refractivity contribution in [3.8, 4) is 21.7 Å². The zero-order valence-electron chi connectivity index (χ0n) is 16.8. The number of aliphatic hydroxyl groups is 1. The van der Waals surface area contributed by atoms with Crippen LogP contribution in [0.5, 0.6) is 0 Å². The minimum absolute atomic E-state index is 0.0754. The van der Waals surface area contributed by atoms with Crippen molar-refractivity contribution in [3.63, 3.8) is 0 Å². The molecule has 0 radical (unpaired) electrons. The number of nitrogen functional groups attached to an aromatic ring is 1. The van der Waals surface area contributed by atoms with Crippen LogP contribution in [-0.4, -0.2) is 26.2 Å². The summed E-state index contributed by atoms with van der Waals surface area (Å²) in [6, 6.07) is 9.91. The zero-order chi connectivity index (χ0) is 23.5. The third kappa shape index (κ3) is 3.53. The molecule has 0 amide bonds. The van der Waals surface area contributed by atoms with E-state index in [9.17, 15) is 15.1 Å². The highest BCUT2D eigenvalue weighted by Crippen LogP contribution is 2.43. The van der Waals surface area contributed by atoms with Gasteiger partial charge in [0.1, 0.15) is 4.88 Å². The second-order valence-electron chi connectivity index (χ2n) is 7.74. The summed E-state index contributed by atoms with van der Waals surface area (Å²) in [5.41, 5.74) is 7.26. The second-order valence-corrected chi connectivity index (χ2v) is 9.62. The molecule has 4 aromatic rings. The van der Waals surface area contributed by atoms with Gasteiger partial charge in [-0.25, -0.2) is 9.78 Å². The molecule has 168 valence electrons. The molecule has 0 saturated heterocycles. The van der Waals surface area contributed by atoms with E-state index in [1.165, 1.54) is 12.3 Å². The summed E-state index contributed by atoms with van der Waals surface area (Å²) < 4.78 is 0.627. The molecule has 5 rings (SSSR count). The molecule has 0 spiro atoms. The third-order valence-electron chi connectivity index (χ3n) is 5.70. The fourth-order valence-corrected chi connectivity index (χ4v) is 5.46. The summed E-state index contributed by atoms with van der Waals surface area (Å²) in [7, 11) is 0. The van der Waals surface area contributed by atoms with Crippen molar-refractivity contribution < 1.29 is 19.7 Å². The number of H-pyrrole nitrogens is 1. The standard InChI is InChI=1S/C22H16Cl2N4O4S/c23-12-1-2-14(25)13(8-12)11-7-10-5-6-22(31,18(10)28(32)9-11)21-26-17(19(24)27-21)15-3-4-16(33-15)20(29)30/h1-4,7-9,31H,5-6,25H2,(H,26,27)(H,29,30). The molecule has 1 aromatic carbocycles. The normalized spacial score (nSPS) is 17.3. The number of aromatic amines is 1. The predicted molar refractivity (Wildman–Crippen MR) is 125 cm³/mol. The lowest BCUT2D eigenvalue weighted by Gasteiger charge is -2.20. The Balaban J connectivity index is 1.57. The van der Waals surface area contributed by atoms with Gasteiger partial charge in [0.25, 0.3) is 0 Å². The molecule has 0 aliphatic heterocycles. The minimum atomic E-state index is -1.69. The summed E-state index contributed by atoms with van der Waals surface area (Å²) >= 11 is 13.4. The molecular formula is C22H16Cl2N4O4S. The largest absolute Gasteiger partial charge is 0.618 e. The molecule has 0 saturated carbocycles. The fourth-order valence-electron chi connectivity index (χ4n) is 4.15. The monoisotopic (exact) mass is 502 g/mol. The van der Waals surface area contributed by atoms with Gasteiger partial charge < -0.3 is 26.1 Å². The Hall–Kier alpha value is -3.11. The number of carboxylic acid groups (broad SMARTS) is 1. The maximum atomic E-state index is 13.1. The number of fused-ring (bicyclic) bond motifs is 1. The summed E-state index contributed by atoms with van der Waals surface area (Å²) in [4.78, 5) is 19.2. The number of benzene rings is 1. The van der Waals surface area contributed by atoms with Gasteiger partial charge in [-0.1, -0.05) is 23.2 Å². The molecule has 1 aliphatic rings. The molecular weight excluding hydrogens is 487 g/mol. The number of nitrogens with one attached hydrogen (secondary N) is 1. The van der Waals surface area contributed by atoms with Crippen LogP contribution in [0.15, 0.2) is 42.6 Å². The number of anilines is 1. The topological polar surface area (TPSA) is 139 Å². The Bertz CT molecular complexity index is 1430. The van der Waals surface area contributed by atoms with Crippen molar-refractivity contribution in [1.29, 1.82) is 0 Å². The number of aromatic nitrogens is 3. The molecule has 33 heavy (non-hydrogen) atoms. The van der Waals surface area contributed by atoms with Gasteiger partial charge in [0.2, 0.25) is 11.3 Å². The van der Waals surface area contributed by atoms with Gasteiger partial charge in [-0.3, -0.25) is 0 Å². The average Bonchev–Trinajstić information content (AvgIpc) is 3.48. The van der Waals surface area contributed by atoms with Crippen LogP contribution in [0.4, 0.5) is 5.69 Å². The van der Waals surface area contributed by atoms with Gasteiger partial charge in [-0.05, 0) is 49.2 Å². The van der Waals surface area contributed by atoms with Gasteiger partial charge in [-0.2, -0.15) is 4.73 Å². The summed E-state index contributed by atoms with van der Waals surface area (Å²) in [5, 5.41) is 34.3. The number of hydrogen-bond acceptors (Lipinski definition) is 6. The molecule has 1 atom stereocenters. The zero-order valence-corrected chi connectivity index (χ0v) is 19.1. The van der Waals surface area contributed by atoms with E-state index in [2.05, 4.69) is 9.97 Å². The van der Waals surface area contributed by atoms with Crippen LogP contribution < -0.4 is 10.5 Å². The molecule has 1 unspecified atom stereocenters. The van der Waals surface area contributed by atoms with Crippen LogP contribution in [0.25, 0.3) is 21.7 Å². The highest BCUT2D eigenvalue weighted by molar-refractivity contribution is 7.17. The number of aryl methyl sites for hydroxylation is 1. The molecule has 0 bridgehead atoms. The Morgan fingerprint density at radius 3 is 2.79 bits per heavy atom. The average molecular weight is 503 g/mol. The lowest BCUT2D eigenvalue weighted by molar-refractivity contribution is -0.620. The molecule has 3 heterocycles. The molecule has 11 heteroatoms. The van der Waals surface area contributed by atoms with E-state index in [0.717, 1.165) is 11.3 Å². The van der Waals surface area contributed by atoms with Gasteiger partial charge in [0.15, 0.2) is 17.2 Å². The third-order valence-corrected chi connectivity index (χ3v) is 7.30. The fraction of sp³-hybridized carbons (Fsp3) is 0.136.